The Balaban J connectivity index is 1.94. The minimum absolute atomic E-state index is 0.601. The van der Waals surface area contributed by atoms with Crippen molar-refractivity contribution in [3.8, 4) is 0 Å². The fourth-order valence-electron chi connectivity index (χ4n) is 1.94. The van der Waals surface area contributed by atoms with Gasteiger partial charge in [0, 0.05) is 12.6 Å². The third-order valence-corrected chi connectivity index (χ3v) is 3.21. The van der Waals surface area contributed by atoms with E-state index >= 15 is 0 Å². The van der Waals surface area contributed by atoms with E-state index in [1.165, 1.54) is 32.2 Å². The highest BCUT2D eigenvalue weighted by Crippen LogP contribution is 2.28. The lowest BCUT2D eigenvalue weighted by Crippen LogP contribution is -2.27. The van der Waals surface area contributed by atoms with Crippen molar-refractivity contribution in [3.63, 3.8) is 0 Å². The second-order valence-electron chi connectivity index (χ2n) is 4.51. The molecule has 1 aromatic rings. The van der Waals surface area contributed by atoms with E-state index in [1.54, 1.807) is 0 Å². The molecule has 0 amide bonds. The summed E-state index contributed by atoms with van der Waals surface area (Å²) < 4.78 is 0. The number of rotatable bonds is 6. The number of hydrogen-bond donors (Lipinski definition) is 0. The zero-order chi connectivity index (χ0) is 11.4. The predicted octanol–water partition coefficient (Wildman–Crippen LogP) is 3.50. The first-order chi connectivity index (χ1) is 7.79. The molecule has 0 spiro atoms. The van der Waals surface area contributed by atoms with Crippen LogP contribution in [0.1, 0.15) is 38.3 Å². The monoisotopic (exact) mass is 238 g/mol. The molecule has 0 bridgehead atoms. The molecule has 2 nitrogen and oxygen atoms in total. The van der Waals surface area contributed by atoms with Gasteiger partial charge in [-0.15, -0.1) is 0 Å². The first kappa shape index (κ1) is 11.9. The van der Waals surface area contributed by atoms with E-state index < -0.39 is 0 Å². The fourth-order valence-corrected chi connectivity index (χ4v) is 2.12. The van der Waals surface area contributed by atoms with E-state index in [0.29, 0.717) is 5.15 Å². The van der Waals surface area contributed by atoms with Crippen LogP contribution in [0.15, 0.2) is 18.2 Å². The molecule has 16 heavy (non-hydrogen) atoms. The van der Waals surface area contributed by atoms with Crippen LogP contribution in [0, 0.1) is 0 Å². The van der Waals surface area contributed by atoms with Gasteiger partial charge in [-0.2, -0.15) is 0 Å². The molecule has 1 fully saturated rings. The van der Waals surface area contributed by atoms with E-state index in [2.05, 4.69) is 22.9 Å². The van der Waals surface area contributed by atoms with Crippen LogP contribution < -0.4 is 0 Å². The maximum atomic E-state index is 5.90. The molecule has 1 aliphatic carbocycles. The quantitative estimate of drug-likeness (QED) is 0.706. The van der Waals surface area contributed by atoms with Gasteiger partial charge in [-0.3, -0.25) is 4.90 Å². The number of pyridine rings is 1. The van der Waals surface area contributed by atoms with Crippen molar-refractivity contribution in [1.82, 2.24) is 9.88 Å². The van der Waals surface area contributed by atoms with E-state index in [0.717, 1.165) is 18.3 Å². The molecule has 0 unspecified atom stereocenters. The van der Waals surface area contributed by atoms with Crippen molar-refractivity contribution in [2.75, 3.05) is 6.54 Å². The van der Waals surface area contributed by atoms with Gasteiger partial charge in [0.25, 0.3) is 0 Å². The van der Waals surface area contributed by atoms with Crippen molar-refractivity contribution < 1.29 is 0 Å². The van der Waals surface area contributed by atoms with Crippen molar-refractivity contribution in [3.05, 3.63) is 29.0 Å². The summed E-state index contributed by atoms with van der Waals surface area (Å²) in [5, 5.41) is 0.601. The third kappa shape index (κ3) is 3.46. The largest absolute Gasteiger partial charge is 0.295 e. The van der Waals surface area contributed by atoms with Crippen molar-refractivity contribution in [2.24, 2.45) is 0 Å². The van der Waals surface area contributed by atoms with Crippen LogP contribution >= 0.6 is 11.6 Å². The Morgan fingerprint density at radius 3 is 2.88 bits per heavy atom. The van der Waals surface area contributed by atoms with Gasteiger partial charge in [-0.25, -0.2) is 4.98 Å². The molecule has 2 rings (SSSR count). The average molecular weight is 239 g/mol. The lowest BCUT2D eigenvalue weighted by atomic mass is 10.2. The molecular formula is C13H19ClN2. The van der Waals surface area contributed by atoms with E-state index in [9.17, 15) is 0 Å². The zero-order valence-corrected chi connectivity index (χ0v) is 10.6. The minimum Gasteiger partial charge on any atom is -0.295 e. The predicted molar refractivity (Wildman–Crippen MR) is 67.6 cm³/mol. The smallest absolute Gasteiger partial charge is 0.129 e. The van der Waals surface area contributed by atoms with Gasteiger partial charge in [0.15, 0.2) is 0 Å². The first-order valence-electron chi connectivity index (χ1n) is 6.15. The SMILES string of the molecule is CCCCN(Cc1cccc(Cl)n1)C1CC1. The minimum atomic E-state index is 0.601. The highest BCUT2D eigenvalue weighted by atomic mass is 35.5. The Morgan fingerprint density at radius 2 is 2.25 bits per heavy atom. The summed E-state index contributed by atoms with van der Waals surface area (Å²) in [7, 11) is 0. The Labute approximate surface area is 103 Å². The van der Waals surface area contributed by atoms with Crippen LogP contribution in [0.25, 0.3) is 0 Å². The van der Waals surface area contributed by atoms with Gasteiger partial charge >= 0.3 is 0 Å². The maximum absolute atomic E-state index is 5.90. The van der Waals surface area contributed by atoms with Gasteiger partial charge in [-0.1, -0.05) is 31.0 Å². The molecule has 0 aromatic carbocycles. The van der Waals surface area contributed by atoms with Crippen LogP contribution in [-0.2, 0) is 6.54 Å². The molecule has 0 atom stereocenters. The molecule has 1 aliphatic rings. The maximum Gasteiger partial charge on any atom is 0.129 e. The second kappa shape index (κ2) is 5.65. The Kier molecular flexibility index (Phi) is 4.19. The standard InChI is InChI=1S/C13H19ClN2/c1-2-3-9-16(12-7-8-12)10-11-5-4-6-13(14)15-11/h4-6,12H,2-3,7-10H2,1H3. The van der Waals surface area contributed by atoms with Gasteiger partial charge < -0.3 is 0 Å². The molecular weight excluding hydrogens is 220 g/mol. The Bertz CT molecular complexity index is 336. The molecule has 3 heteroatoms. The molecule has 0 radical (unpaired) electrons. The Morgan fingerprint density at radius 1 is 1.44 bits per heavy atom. The Hall–Kier alpha value is -0.600. The molecule has 0 aliphatic heterocycles. The topological polar surface area (TPSA) is 16.1 Å². The van der Waals surface area contributed by atoms with Crippen LogP contribution in [0.2, 0.25) is 5.15 Å². The average Bonchev–Trinajstić information content (AvgIpc) is 3.08. The van der Waals surface area contributed by atoms with Crippen LogP contribution in [0.4, 0.5) is 0 Å². The summed E-state index contributed by atoms with van der Waals surface area (Å²) in [6.07, 6.45) is 5.23. The summed E-state index contributed by atoms with van der Waals surface area (Å²) in [5.41, 5.74) is 1.09. The lowest BCUT2D eigenvalue weighted by Gasteiger charge is -2.21. The summed E-state index contributed by atoms with van der Waals surface area (Å²) >= 11 is 5.90. The van der Waals surface area contributed by atoms with Gasteiger partial charge in [-0.05, 0) is 37.9 Å². The van der Waals surface area contributed by atoms with Crippen molar-refractivity contribution in [2.45, 2.75) is 45.2 Å². The van der Waals surface area contributed by atoms with Crippen molar-refractivity contribution in [1.29, 1.82) is 0 Å². The summed E-state index contributed by atoms with van der Waals surface area (Å²) in [4.78, 5) is 6.90. The van der Waals surface area contributed by atoms with Crippen LogP contribution in [-0.4, -0.2) is 22.5 Å². The zero-order valence-electron chi connectivity index (χ0n) is 9.82. The fraction of sp³-hybridized carbons (Fsp3) is 0.615. The van der Waals surface area contributed by atoms with Gasteiger partial charge in [0.05, 0.1) is 5.69 Å². The number of hydrogen-bond acceptors (Lipinski definition) is 2. The highest BCUT2D eigenvalue weighted by molar-refractivity contribution is 6.29. The summed E-state index contributed by atoms with van der Waals surface area (Å²) in [6.45, 7) is 4.38. The van der Waals surface area contributed by atoms with Crippen LogP contribution in [0.5, 0.6) is 0 Å². The third-order valence-electron chi connectivity index (χ3n) is 3.00. The second-order valence-corrected chi connectivity index (χ2v) is 4.89. The lowest BCUT2D eigenvalue weighted by molar-refractivity contribution is 0.248. The first-order valence-corrected chi connectivity index (χ1v) is 6.53. The molecule has 1 aromatic heterocycles. The van der Waals surface area contributed by atoms with E-state index in [4.69, 9.17) is 11.6 Å². The normalized spacial score (nSPS) is 15.7. The number of aromatic nitrogens is 1. The van der Waals surface area contributed by atoms with Gasteiger partial charge in [0.2, 0.25) is 0 Å². The van der Waals surface area contributed by atoms with Crippen LogP contribution in [0.3, 0.4) is 0 Å². The number of nitrogens with zero attached hydrogens (tertiary/aromatic N) is 2. The van der Waals surface area contributed by atoms with E-state index in [-0.39, 0.29) is 0 Å². The highest BCUT2D eigenvalue weighted by Gasteiger charge is 2.28. The number of halogens is 1. The van der Waals surface area contributed by atoms with Crippen molar-refractivity contribution >= 4 is 11.6 Å². The summed E-state index contributed by atoms with van der Waals surface area (Å²) in [5.74, 6) is 0. The molecule has 88 valence electrons. The molecule has 0 N–H and O–H groups in total. The summed E-state index contributed by atoms with van der Waals surface area (Å²) in [6, 6.07) is 6.67. The van der Waals surface area contributed by atoms with Gasteiger partial charge in [0.1, 0.15) is 5.15 Å². The van der Waals surface area contributed by atoms with E-state index in [1.807, 2.05) is 12.1 Å². The molecule has 1 heterocycles. The molecule has 0 saturated heterocycles. The number of unbranched alkanes of at least 4 members (excludes halogenated alkanes) is 1. The molecule has 1 saturated carbocycles.